The van der Waals surface area contributed by atoms with Crippen LogP contribution in [0.5, 0.6) is 0 Å². The summed E-state index contributed by atoms with van der Waals surface area (Å²) in [6, 6.07) is 14.0. The van der Waals surface area contributed by atoms with Crippen LogP contribution in [0.3, 0.4) is 0 Å². The van der Waals surface area contributed by atoms with Crippen LogP contribution in [-0.2, 0) is 0 Å². The normalized spacial score (nSPS) is 10.7. The summed E-state index contributed by atoms with van der Waals surface area (Å²) in [6.07, 6.45) is 0. The minimum atomic E-state index is 0.396. The molecule has 2 N–H and O–H groups in total. The number of hydrogen-bond donors (Lipinski definition) is 1. The quantitative estimate of drug-likeness (QED) is 0.732. The van der Waals surface area contributed by atoms with Gasteiger partial charge in [0.2, 0.25) is 5.95 Å². The van der Waals surface area contributed by atoms with Crippen LogP contribution in [0, 0.1) is 25.2 Å². The number of hydrogen-bond acceptors (Lipinski definition) is 3. The molecule has 0 fully saturated rings. The van der Waals surface area contributed by atoms with Gasteiger partial charge in [-0.15, -0.1) is 0 Å². The molecule has 4 heteroatoms. The van der Waals surface area contributed by atoms with Gasteiger partial charge in [0.15, 0.2) is 0 Å². The maximum absolute atomic E-state index is 9.38. The minimum Gasteiger partial charge on any atom is -0.369 e. The third kappa shape index (κ3) is 1.72. The monoisotopic (exact) mass is 262 g/mol. The molecule has 0 aliphatic carbocycles. The van der Waals surface area contributed by atoms with Gasteiger partial charge in [0, 0.05) is 0 Å². The number of anilines is 1. The Balaban J connectivity index is 2.39. The Morgan fingerprint density at radius 3 is 2.75 bits per heavy atom. The van der Waals surface area contributed by atoms with Crippen molar-refractivity contribution in [3.63, 3.8) is 0 Å². The summed E-state index contributed by atoms with van der Waals surface area (Å²) >= 11 is 0. The maximum atomic E-state index is 9.38. The van der Waals surface area contributed by atoms with Crippen molar-refractivity contribution in [2.45, 2.75) is 13.8 Å². The third-order valence-corrected chi connectivity index (χ3v) is 3.44. The van der Waals surface area contributed by atoms with E-state index in [9.17, 15) is 5.26 Å². The van der Waals surface area contributed by atoms with Crippen molar-refractivity contribution in [1.82, 2.24) is 9.55 Å². The van der Waals surface area contributed by atoms with Crippen molar-refractivity contribution >= 4 is 17.0 Å². The first-order valence-electron chi connectivity index (χ1n) is 6.36. The fourth-order valence-corrected chi connectivity index (χ4v) is 2.45. The molecule has 0 aliphatic rings. The van der Waals surface area contributed by atoms with Crippen LogP contribution < -0.4 is 5.73 Å². The van der Waals surface area contributed by atoms with E-state index >= 15 is 0 Å². The molecule has 0 saturated carbocycles. The summed E-state index contributed by atoms with van der Waals surface area (Å²) in [5, 5.41) is 9.38. The van der Waals surface area contributed by atoms with Crippen molar-refractivity contribution in [3.8, 4) is 11.8 Å². The summed E-state index contributed by atoms with van der Waals surface area (Å²) in [7, 11) is 0. The zero-order valence-electron chi connectivity index (χ0n) is 11.4. The predicted octanol–water partition coefficient (Wildman–Crippen LogP) is 3.10. The first-order chi connectivity index (χ1) is 9.61. The van der Waals surface area contributed by atoms with Crippen molar-refractivity contribution in [2.75, 3.05) is 5.73 Å². The van der Waals surface area contributed by atoms with Crippen molar-refractivity contribution in [2.24, 2.45) is 0 Å². The zero-order valence-corrected chi connectivity index (χ0v) is 11.4. The first kappa shape index (κ1) is 12.2. The molecule has 2 aromatic carbocycles. The van der Waals surface area contributed by atoms with Gasteiger partial charge >= 0.3 is 0 Å². The molecule has 3 aromatic rings. The second-order valence-corrected chi connectivity index (χ2v) is 4.88. The molecule has 0 amide bonds. The molecular weight excluding hydrogens is 248 g/mol. The molecule has 98 valence electrons. The Bertz CT molecular complexity index is 853. The Morgan fingerprint density at radius 1 is 1.20 bits per heavy atom. The molecule has 0 unspecified atom stereocenters. The number of nitrogens with two attached hydrogens (primary N) is 1. The minimum absolute atomic E-state index is 0.396. The van der Waals surface area contributed by atoms with Gasteiger partial charge in [0.25, 0.3) is 0 Å². The highest BCUT2D eigenvalue weighted by Crippen LogP contribution is 2.27. The lowest BCUT2D eigenvalue weighted by Crippen LogP contribution is -2.03. The van der Waals surface area contributed by atoms with E-state index in [2.05, 4.69) is 11.1 Å². The predicted molar refractivity (Wildman–Crippen MR) is 79.7 cm³/mol. The summed E-state index contributed by atoms with van der Waals surface area (Å²) in [4.78, 5) is 4.39. The standard InChI is InChI=1S/C16H14N4/c1-10-6-7-15-13(8-10)19-16(18)20(15)14-5-3-4-11(2)12(14)9-17/h3-8H,1-2H3,(H2,18,19). The molecule has 0 saturated heterocycles. The number of imidazole rings is 1. The van der Waals surface area contributed by atoms with Crippen LogP contribution in [0.1, 0.15) is 16.7 Å². The SMILES string of the molecule is Cc1ccc2c(c1)nc(N)n2-c1cccc(C)c1C#N. The van der Waals surface area contributed by atoms with Crippen molar-refractivity contribution in [1.29, 1.82) is 5.26 Å². The molecule has 0 radical (unpaired) electrons. The molecule has 1 heterocycles. The molecule has 0 spiro atoms. The molecule has 4 nitrogen and oxygen atoms in total. The van der Waals surface area contributed by atoms with E-state index in [1.807, 2.05) is 54.8 Å². The molecule has 0 atom stereocenters. The average Bonchev–Trinajstić information content (AvgIpc) is 2.73. The summed E-state index contributed by atoms with van der Waals surface area (Å²) in [5.74, 6) is 0.396. The summed E-state index contributed by atoms with van der Waals surface area (Å²) in [5.41, 5.74) is 11.3. The van der Waals surface area contributed by atoms with E-state index in [0.29, 0.717) is 11.5 Å². The van der Waals surface area contributed by atoms with E-state index in [-0.39, 0.29) is 0 Å². The van der Waals surface area contributed by atoms with Gasteiger partial charge < -0.3 is 5.73 Å². The van der Waals surface area contributed by atoms with Crippen LogP contribution >= 0.6 is 0 Å². The van der Waals surface area contributed by atoms with Gasteiger partial charge in [-0.3, -0.25) is 4.57 Å². The van der Waals surface area contributed by atoms with Crippen molar-refractivity contribution in [3.05, 3.63) is 53.1 Å². The lowest BCUT2D eigenvalue weighted by molar-refractivity contribution is 1.09. The molecule has 3 rings (SSSR count). The zero-order chi connectivity index (χ0) is 14.3. The van der Waals surface area contributed by atoms with Crippen LogP contribution in [0.4, 0.5) is 5.95 Å². The van der Waals surface area contributed by atoms with E-state index in [1.54, 1.807) is 0 Å². The first-order valence-corrected chi connectivity index (χ1v) is 6.36. The number of nitriles is 1. The van der Waals surface area contributed by atoms with Crippen LogP contribution in [0.2, 0.25) is 0 Å². The van der Waals surface area contributed by atoms with E-state index in [1.165, 1.54) is 0 Å². The average molecular weight is 262 g/mol. The van der Waals surface area contributed by atoms with E-state index < -0.39 is 0 Å². The summed E-state index contributed by atoms with van der Waals surface area (Å²) < 4.78 is 1.83. The number of benzene rings is 2. The Hall–Kier alpha value is -2.80. The van der Waals surface area contributed by atoms with Gasteiger partial charge in [-0.2, -0.15) is 5.26 Å². The lowest BCUT2D eigenvalue weighted by Gasteiger charge is -2.10. The van der Waals surface area contributed by atoms with Crippen molar-refractivity contribution < 1.29 is 0 Å². The lowest BCUT2D eigenvalue weighted by atomic mass is 10.1. The van der Waals surface area contributed by atoms with Gasteiger partial charge in [-0.1, -0.05) is 18.2 Å². The highest BCUT2D eigenvalue weighted by Gasteiger charge is 2.14. The maximum Gasteiger partial charge on any atom is 0.205 e. The highest BCUT2D eigenvalue weighted by atomic mass is 15.2. The Labute approximate surface area is 117 Å². The number of aromatic nitrogens is 2. The molecule has 0 bridgehead atoms. The Kier molecular flexibility index (Phi) is 2.69. The summed E-state index contributed by atoms with van der Waals surface area (Å²) in [6.45, 7) is 3.93. The topological polar surface area (TPSA) is 67.6 Å². The van der Waals surface area contributed by atoms with Gasteiger partial charge in [0.1, 0.15) is 6.07 Å². The molecule has 1 aromatic heterocycles. The van der Waals surface area contributed by atoms with Gasteiger partial charge in [-0.05, 0) is 43.2 Å². The highest BCUT2D eigenvalue weighted by molar-refractivity contribution is 5.82. The molecule has 20 heavy (non-hydrogen) atoms. The third-order valence-electron chi connectivity index (χ3n) is 3.44. The van der Waals surface area contributed by atoms with Crippen LogP contribution in [0.25, 0.3) is 16.7 Å². The van der Waals surface area contributed by atoms with Crippen LogP contribution in [-0.4, -0.2) is 9.55 Å². The van der Waals surface area contributed by atoms with Crippen LogP contribution in [0.15, 0.2) is 36.4 Å². The van der Waals surface area contributed by atoms with Gasteiger partial charge in [-0.25, -0.2) is 4.98 Å². The smallest absolute Gasteiger partial charge is 0.205 e. The largest absolute Gasteiger partial charge is 0.369 e. The number of rotatable bonds is 1. The molecule has 0 aliphatic heterocycles. The number of nitrogens with zero attached hydrogens (tertiary/aromatic N) is 3. The number of aryl methyl sites for hydroxylation is 2. The van der Waals surface area contributed by atoms with E-state index in [0.717, 1.165) is 27.8 Å². The fraction of sp³-hybridized carbons (Fsp3) is 0.125. The fourth-order valence-electron chi connectivity index (χ4n) is 2.45. The van der Waals surface area contributed by atoms with Gasteiger partial charge in [0.05, 0.1) is 22.3 Å². The Morgan fingerprint density at radius 2 is 2.00 bits per heavy atom. The van der Waals surface area contributed by atoms with E-state index in [4.69, 9.17) is 5.73 Å². The molecular formula is C16H14N4. The number of nitrogen functional groups attached to an aromatic ring is 1. The second-order valence-electron chi connectivity index (χ2n) is 4.88. The second kappa shape index (κ2) is 4.39. The number of fused-ring (bicyclic) bond motifs is 1.